The van der Waals surface area contributed by atoms with Crippen LogP contribution in [-0.2, 0) is 9.59 Å². The maximum Gasteiger partial charge on any atom is 0.375 e. The van der Waals surface area contributed by atoms with Crippen molar-refractivity contribution in [3.63, 3.8) is 0 Å². The first-order chi connectivity index (χ1) is 11.7. The van der Waals surface area contributed by atoms with Crippen molar-refractivity contribution in [2.75, 3.05) is 11.5 Å². The van der Waals surface area contributed by atoms with E-state index >= 15 is 0 Å². The minimum absolute atomic E-state index is 0.0150. The Bertz CT molecular complexity index is 462. The molecule has 0 saturated heterocycles. The number of ketones is 1. The fourth-order valence-corrected chi connectivity index (χ4v) is 4.94. The summed E-state index contributed by atoms with van der Waals surface area (Å²) in [4.78, 5) is 22.6. The molecule has 7 heteroatoms. The molecule has 1 rings (SSSR count). The molecule has 1 aliphatic carbocycles. The van der Waals surface area contributed by atoms with Gasteiger partial charge in [0, 0.05) is 6.42 Å². The number of hydrogen-bond acceptors (Lipinski definition) is 6. The monoisotopic (exact) mass is 390 g/mol. The van der Waals surface area contributed by atoms with Crippen molar-refractivity contribution >= 4 is 35.3 Å². The number of aliphatic hydroxyl groups is 2. The number of thioether (sulfide) groups is 2. The molecule has 0 aliphatic heterocycles. The number of unbranched alkanes of at least 4 members (excludes halogenated alkanes) is 1. The summed E-state index contributed by atoms with van der Waals surface area (Å²) >= 11 is 2.19. The van der Waals surface area contributed by atoms with Crippen molar-refractivity contribution in [2.45, 2.75) is 62.7 Å². The Morgan fingerprint density at radius 1 is 1.32 bits per heavy atom. The zero-order valence-electron chi connectivity index (χ0n) is 15.0. The zero-order valence-corrected chi connectivity index (χ0v) is 16.7. The summed E-state index contributed by atoms with van der Waals surface area (Å²) in [6.07, 6.45) is 10.0. The lowest BCUT2D eigenvalue weighted by molar-refractivity contribution is -0.174. The molecule has 0 unspecified atom stereocenters. The Morgan fingerprint density at radius 2 is 2.04 bits per heavy atom. The van der Waals surface area contributed by atoms with Gasteiger partial charge in [0.2, 0.25) is 0 Å². The predicted octanol–water partition coefficient (Wildman–Crippen LogP) is 3.30. The van der Waals surface area contributed by atoms with Crippen LogP contribution in [0.4, 0.5) is 0 Å². The average Bonchev–Trinajstić information content (AvgIpc) is 2.86. The van der Waals surface area contributed by atoms with E-state index in [9.17, 15) is 19.8 Å². The number of carbonyl (C=O) groups is 2. The predicted molar refractivity (Wildman–Crippen MR) is 104 cm³/mol. The number of carboxylic acids is 1. The Labute approximate surface area is 158 Å². The van der Waals surface area contributed by atoms with Crippen LogP contribution in [0.3, 0.4) is 0 Å². The molecular weight excluding hydrogens is 360 g/mol. The van der Waals surface area contributed by atoms with Crippen LogP contribution < -0.4 is 0 Å². The van der Waals surface area contributed by atoms with Crippen LogP contribution in [-0.4, -0.2) is 48.9 Å². The molecule has 1 fully saturated rings. The van der Waals surface area contributed by atoms with Gasteiger partial charge in [-0.25, -0.2) is 4.79 Å². The van der Waals surface area contributed by atoms with E-state index in [1.54, 1.807) is 11.8 Å². The molecule has 0 aromatic carbocycles. The van der Waals surface area contributed by atoms with Gasteiger partial charge in [-0.05, 0) is 49.0 Å². The fraction of sp³-hybridized carbons (Fsp3) is 0.778. The van der Waals surface area contributed by atoms with Crippen molar-refractivity contribution in [1.82, 2.24) is 0 Å². The third kappa shape index (κ3) is 8.62. The lowest BCUT2D eigenvalue weighted by atomic mass is 10.0. The number of aliphatic carboxylic acids is 1. The topological polar surface area (TPSA) is 94.8 Å². The Hall–Kier alpha value is -0.500. The molecular formula is C18H30O5S2. The first kappa shape index (κ1) is 22.5. The molecule has 0 heterocycles. The summed E-state index contributed by atoms with van der Waals surface area (Å²) in [6, 6.07) is 0. The lowest BCUT2D eigenvalue weighted by Crippen LogP contribution is -2.34. The van der Waals surface area contributed by atoms with Crippen molar-refractivity contribution in [3.8, 4) is 0 Å². The summed E-state index contributed by atoms with van der Waals surface area (Å²) in [5.74, 6) is 0.676. The number of rotatable bonds is 12. The Morgan fingerprint density at radius 3 is 2.68 bits per heavy atom. The first-order valence-corrected chi connectivity index (χ1v) is 10.9. The van der Waals surface area contributed by atoms with Crippen molar-refractivity contribution in [3.05, 3.63) is 12.2 Å². The normalized spacial score (nSPS) is 21.6. The van der Waals surface area contributed by atoms with Crippen LogP contribution in [0.25, 0.3) is 0 Å². The van der Waals surface area contributed by atoms with Gasteiger partial charge < -0.3 is 15.3 Å². The standard InChI is InChI=1S/C18H30O5S2/c1-13(2)7-4-3-5-8-14-9-10-15(19)16(14)24-11-6-12-25-18(22,23)17(20)21/h5,8,13-14,16,22-23H,3-4,6-7,9-12H2,1-2H3,(H,20,21)/t14-,16+/m0/s1. The Kier molecular flexibility index (Phi) is 10.2. The summed E-state index contributed by atoms with van der Waals surface area (Å²) in [5.41, 5.74) is 0. The number of hydrogen-bond donors (Lipinski definition) is 3. The van der Waals surface area contributed by atoms with Crippen LogP contribution in [0.15, 0.2) is 12.2 Å². The second-order valence-corrected chi connectivity index (χ2v) is 9.34. The van der Waals surface area contributed by atoms with E-state index in [1.165, 1.54) is 12.8 Å². The number of allylic oxidation sites excluding steroid dienone is 2. The van der Waals surface area contributed by atoms with E-state index in [-0.39, 0.29) is 11.2 Å². The summed E-state index contributed by atoms with van der Waals surface area (Å²) in [7, 11) is 0. The molecule has 0 aromatic heterocycles. The third-order valence-corrected chi connectivity index (χ3v) is 6.70. The summed E-state index contributed by atoms with van der Waals surface area (Å²) in [6.45, 7) is 4.44. The molecule has 0 spiro atoms. The molecule has 144 valence electrons. The minimum Gasteiger partial charge on any atom is -0.477 e. The van der Waals surface area contributed by atoms with Gasteiger partial charge in [-0.3, -0.25) is 4.79 Å². The second kappa shape index (κ2) is 11.3. The number of carboxylic acid groups (broad SMARTS) is 1. The second-order valence-electron chi connectivity index (χ2n) is 6.83. The number of Topliss-reactive ketones (excluding diaryl/α,β-unsaturated/α-hetero) is 1. The van der Waals surface area contributed by atoms with Gasteiger partial charge in [0.05, 0.1) is 5.25 Å². The maximum absolute atomic E-state index is 12.1. The van der Waals surface area contributed by atoms with Gasteiger partial charge in [-0.1, -0.05) is 44.2 Å². The largest absolute Gasteiger partial charge is 0.477 e. The molecule has 3 N–H and O–H groups in total. The molecule has 0 aromatic rings. The van der Waals surface area contributed by atoms with E-state index in [4.69, 9.17) is 5.11 Å². The van der Waals surface area contributed by atoms with E-state index in [0.29, 0.717) is 41.9 Å². The van der Waals surface area contributed by atoms with Gasteiger partial charge in [-0.15, -0.1) is 11.8 Å². The van der Waals surface area contributed by atoms with Crippen molar-refractivity contribution in [2.24, 2.45) is 11.8 Å². The third-order valence-electron chi connectivity index (χ3n) is 4.13. The fourth-order valence-electron chi connectivity index (χ4n) is 2.72. The van der Waals surface area contributed by atoms with Crippen LogP contribution in [0.5, 0.6) is 0 Å². The SMILES string of the molecule is CC(C)CCCC=C[C@H]1CCC(=O)[C@@H]1SCCCSC(O)(O)C(=O)O. The first-order valence-electron chi connectivity index (χ1n) is 8.87. The number of carbonyl (C=O) groups excluding carboxylic acids is 1. The van der Waals surface area contributed by atoms with E-state index in [2.05, 4.69) is 26.0 Å². The van der Waals surface area contributed by atoms with Crippen molar-refractivity contribution < 1.29 is 24.9 Å². The van der Waals surface area contributed by atoms with E-state index in [0.717, 1.165) is 18.8 Å². The highest BCUT2D eigenvalue weighted by Crippen LogP contribution is 2.34. The van der Waals surface area contributed by atoms with Gasteiger partial charge in [0.1, 0.15) is 5.78 Å². The molecule has 0 radical (unpaired) electrons. The van der Waals surface area contributed by atoms with Crippen LogP contribution in [0.2, 0.25) is 0 Å². The maximum atomic E-state index is 12.1. The van der Waals surface area contributed by atoms with Crippen LogP contribution in [0, 0.1) is 11.8 Å². The smallest absolute Gasteiger partial charge is 0.375 e. The molecule has 0 amide bonds. The Balaban J connectivity index is 2.29. The minimum atomic E-state index is -2.73. The molecule has 0 bridgehead atoms. The molecule has 2 atom stereocenters. The summed E-state index contributed by atoms with van der Waals surface area (Å²) < 4.78 is 0. The molecule has 1 saturated carbocycles. The lowest BCUT2D eigenvalue weighted by Gasteiger charge is -2.16. The average molecular weight is 391 g/mol. The van der Waals surface area contributed by atoms with E-state index < -0.39 is 11.1 Å². The highest BCUT2D eigenvalue weighted by Gasteiger charge is 2.34. The van der Waals surface area contributed by atoms with Crippen LogP contribution >= 0.6 is 23.5 Å². The molecule has 25 heavy (non-hydrogen) atoms. The molecule has 1 aliphatic rings. The summed E-state index contributed by atoms with van der Waals surface area (Å²) in [5, 5.41) is 24.3. The van der Waals surface area contributed by atoms with Crippen molar-refractivity contribution in [1.29, 1.82) is 0 Å². The van der Waals surface area contributed by atoms with Gasteiger partial charge in [-0.2, -0.15) is 0 Å². The zero-order chi connectivity index (χ0) is 18.9. The van der Waals surface area contributed by atoms with Gasteiger partial charge in [0.15, 0.2) is 0 Å². The van der Waals surface area contributed by atoms with Crippen LogP contribution in [0.1, 0.15) is 52.4 Å². The highest BCUT2D eigenvalue weighted by atomic mass is 32.2. The van der Waals surface area contributed by atoms with Gasteiger partial charge in [0.25, 0.3) is 0 Å². The quantitative estimate of drug-likeness (QED) is 0.267. The highest BCUT2D eigenvalue weighted by molar-refractivity contribution is 8.01. The van der Waals surface area contributed by atoms with Gasteiger partial charge >= 0.3 is 11.1 Å². The van der Waals surface area contributed by atoms with E-state index in [1.807, 2.05) is 0 Å². The molecule has 5 nitrogen and oxygen atoms in total.